The van der Waals surface area contributed by atoms with E-state index >= 15 is 0 Å². The predicted molar refractivity (Wildman–Crippen MR) is 114 cm³/mol. The molecule has 166 valence electrons. The molecule has 8 nitrogen and oxygen atoms in total. The summed E-state index contributed by atoms with van der Waals surface area (Å²) in [6, 6.07) is 7.16. The highest BCUT2D eigenvalue weighted by atomic mass is 16.6. The Kier molecular flexibility index (Phi) is 7.00. The topological polar surface area (TPSA) is 88.2 Å². The highest BCUT2D eigenvalue weighted by Gasteiger charge is 2.31. The maximum absolute atomic E-state index is 12.6. The van der Waals surface area contributed by atoms with Crippen LogP contribution in [0, 0.1) is 0 Å². The number of nitrogens with one attached hydrogen (secondary N) is 1. The Labute approximate surface area is 178 Å². The van der Waals surface area contributed by atoms with Crippen LogP contribution in [0.15, 0.2) is 24.3 Å². The van der Waals surface area contributed by atoms with E-state index in [1.165, 1.54) is 4.90 Å². The first kappa shape index (κ1) is 23.5. The zero-order valence-electron chi connectivity index (χ0n) is 18.9. The lowest BCUT2D eigenvalue weighted by molar-refractivity contribution is -0.121. The summed E-state index contributed by atoms with van der Waals surface area (Å²) in [5.41, 5.74) is 0.480. The van der Waals surface area contributed by atoms with Crippen molar-refractivity contribution in [1.29, 1.82) is 0 Å². The average molecular weight is 420 g/mol. The van der Waals surface area contributed by atoms with Gasteiger partial charge < -0.3 is 19.7 Å². The van der Waals surface area contributed by atoms with E-state index in [2.05, 4.69) is 5.32 Å². The van der Waals surface area contributed by atoms with Gasteiger partial charge in [-0.1, -0.05) is 12.1 Å². The Morgan fingerprint density at radius 2 is 1.53 bits per heavy atom. The molecule has 3 amide bonds. The molecule has 1 N–H and O–H groups in total. The van der Waals surface area contributed by atoms with E-state index in [9.17, 15) is 14.4 Å². The van der Waals surface area contributed by atoms with Gasteiger partial charge in [0, 0.05) is 18.8 Å². The number of ether oxygens (including phenoxy) is 2. The third kappa shape index (κ3) is 6.93. The first-order valence-electron chi connectivity index (χ1n) is 10.1. The van der Waals surface area contributed by atoms with Crippen molar-refractivity contribution in [3.8, 4) is 0 Å². The van der Waals surface area contributed by atoms with Gasteiger partial charge in [-0.05, 0) is 66.2 Å². The van der Waals surface area contributed by atoms with Crippen LogP contribution in [0.1, 0.15) is 60.1 Å². The minimum Gasteiger partial charge on any atom is -0.444 e. The minimum absolute atomic E-state index is 0.0206. The van der Waals surface area contributed by atoms with Crippen molar-refractivity contribution in [3.63, 3.8) is 0 Å². The highest BCUT2D eigenvalue weighted by Crippen LogP contribution is 2.22. The number of anilines is 1. The molecule has 1 aliphatic rings. The largest absolute Gasteiger partial charge is 0.444 e. The van der Waals surface area contributed by atoms with Crippen LogP contribution in [-0.4, -0.2) is 53.8 Å². The molecule has 30 heavy (non-hydrogen) atoms. The van der Waals surface area contributed by atoms with Gasteiger partial charge in [0.15, 0.2) is 0 Å². The van der Waals surface area contributed by atoms with E-state index in [1.807, 2.05) is 52.0 Å². The van der Waals surface area contributed by atoms with Gasteiger partial charge in [0.25, 0.3) is 0 Å². The summed E-state index contributed by atoms with van der Waals surface area (Å²) in [5, 5.41) is 2.80. The summed E-state index contributed by atoms with van der Waals surface area (Å²) in [4.78, 5) is 39.8. The van der Waals surface area contributed by atoms with Crippen LogP contribution in [0.25, 0.3) is 0 Å². The Morgan fingerprint density at radius 3 is 2.03 bits per heavy atom. The van der Waals surface area contributed by atoms with Gasteiger partial charge in [0.1, 0.15) is 17.7 Å². The van der Waals surface area contributed by atoms with Crippen molar-refractivity contribution in [2.24, 2.45) is 0 Å². The molecule has 0 radical (unpaired) electrons. The van der Waals surface area contributed by atoms with Crippen molar-refractivity contribution in [1.82, 2.24) is 10.2 Å². The van der Waals surface area contributed by atoms with E-state index < -0.39 is 23.4 Å². The van der Waals surface area contributed by atoms with E-state index in [0.717, 1.165) is 11.3 Å². The van der Waals surface area contributed by atoms with Gasteiger partial charge in [0.05, 0.1) is 6.04 Å². The molecule has 8 heteroatoms. The monoisotopic (exact) mass is 419 g/mol. The van der Waals surface area contributed by atoms with Gasteiger partial charge in [0.2, 0.25) is 5.91 Å². The van der Waals surface area contributed by atoms with Gasteiger partial charge in [-0.15, -0.1) is 0 Å². The molecule has 0 saturated carbocycles. The third-order valence-electron chi connectivity index (χ3n) is 4.31. The number of rotatable bonds is 3. The maximum atomic E-state index is 12.6. The second kappa shape index (κ2) is 8.93. The first-order chi connectivity index (χ1) is 13.7. The van der Waals surface area contributed by atoms with E-state index in [1.54, 1.807) is 25.7 Å². The normalized spacial score (nSPS) is 16.2. The molecule has 1 fully saturated rings. The Morgan fingerprint density at radius 1 is 0.967 bits per heavy atom. The fourth-order valence-corrected chi connectivity index (χ4v) is 2.94. The van der Waals surface area contributed by atoms with E-state index in [-0.39, 0.29) is 18.5 Å². The van der Waals surface area contributed by atoms with Crippen molar-refractivity contribution in [3.05, 3.63) is 29.8 Å². The number of nitrogens with zero attached hydrogens (tertiary/aromatic N) is 2. The summed E-state index contributed by atoms with van der Waals surface area (Å²) >= 11 is 0. The molecule has 0 unspecified atom stereocenters. The molecular formula is C22H33N3O5. The fraction of sp³-hybridized carbons (Fsp3) is 0.591. The predicted octanol–water partition coefficient (Wildman–Crippen LogP) is 3.86. The van der Waals surface area contributed by atoms with Crippen molar-refractivity contribution in [2.75, 3.05) is 24.5 Å². The number of hydrogen-bond donors (Lipinski definition) is 1. The third-order valence-corrected chi connectivity index (χ3v) is 4.31. The number of alkyl carbamates (subject to hydrolysis) is 1. The number of carbonyl (C=O) groups excluding carboxylic acids is 3. The number of benzene rings is 1. The Balaban J connectivity index is 1.96. The van der Waals surface area contributed by atoms with Crippen LogP contribution in [0.5, 0.6) is 0 Å². The highest BCUT2D eigenvalue weighted by molar-refractivity contribution is 5.97. The van der Waals surface area contributed by atoms with Gasteiger partial charge in [-0.25, -0.2) is 9.59 Å². The Bertz CT molecular complexity index is 777. The van der Waals surface area contributed by atoms with E-state index in [4.69, 9.17) is 9.47 Å². The second-order valence-electron chi connectivity index (χ2n) is 9.41. The zero-order valence-corrected chi connectivity index (χ0v) is 18.9. The molecule has 2 rings (SSSR count). The lowest BCUT2D eigenvalue weighted by atomic mass is 10.1. The number of hydrogen-bond acceptors (Lipinski definition) is 5. The molecule has 1 atom stereocenters. The molecule has 0 spiro atoms. The number of piperazine rings is 1. The van der Waals surface area contributed by atoms with Gasteiger partial charge in [-0.3, -0.25) is 9.69 Å². The SMILES string of the molecule is C[C@H](NC(=O)OC(C)(C)C)c1ccc(N2CCN(C(=O)OC(C)(C)C)CC2=O)cc1. The summed E-state index contributed by atoms with van der Waals surface area (Å²) in [5.74, 6) is -0.167. The molecular weight excluding hydrogens is 386 g/mol. The standard InChI is InChI=1S/C22H33N3O5/c1-15(23-19(27)29-21(2,3)4)16-8-10-17(11-9-16)25-13-12-24(14-18(25)26)20(28)30-22(5,6)7/h8-11,15H,12-14H2,1-7H3,(H,23,27)/t15-/m0/s1. The molecule has 1 aliphatic heterocycles. The summed E-state index contributed by atoms with van der Waals surface area (Å²) in [7, 11) is 0. The van der Waals surface area contributed by atoms with Crippen LogP contribution in [0.2, 0.25) is 0 Å². The zero-order chi connectivity index (χ0) is 22.7. The number of amides is 3. The van der Waals surface area contributed by atoms with Crippen LogP contribution in [0.3, 0.4) is 0 Å². The molecule has 0 aromatic heterocycles. The second-order valence-corrected chi connectivity index (χ2v) is 9.41. The molecule has 0 aliphatic carbocycles. The lowest BCUT2D eigenvalue weighted by Crippen LogP contribution is -2.53. The summed E-state index contributed by atoms with van der Waals surface area (Å²) in [6.45, 7) is 13.5. The first-order valence-corrected chi connectivity index (χ1v) is 10.1. The summed E-state index contributed by atoms with van der Waals surface area (Å²) in [6.07, 6.45) is -0.958. The minimum atomic E-state index is -0.600. The number of carbonyl (C=O) groups is 3. The maximum Gasteiger partial charge on any atom is 0.410 e. The molecule has 1 aromatic carbocycles. The van der Waals surface area contributed by atoms with Gasteiger partial charge >= 0.3 is 12.2 Å². The Hall–Kier alpha value is -2.77. The van der Waals surface area contributed by atoms with Crippen molar-refractivity contribution in [2.45, 2.75) is 65.7 Å². The quantitative estimate of drug-likeness (QED) is 0.804. The fourth-order valence-electron chi connectivity index (χ4n) is 2.94. The summed E-state index contributed by atoms with van der Waals surface area (Å²) < 4.78 is 10.6. The molecule has 1 saturated heterocycles. The van der Waals surface area contributed by atoms with Crippen LogP contribution >= 0.6 is 0 Å². The van der Waals surface area contributed by atoms with E-state index in [0.29, 0.717) is 13.1 Å². The molecule has 1 heterocycles. The smallest absolute Gasteiger partial charge is 0.410 e. The van der Waals surface area contributed by atoms with Crippen LogP contribution in [0.4, 0.5) is 15.3 Å². The average Bonchev–Trinajstić information content (AvgIpc) is 2.58. The lowest BCUT2D eigenvalue weighted by Gasteiger charge is -2.35. The van der Waals surface area contributed by atoms with Crippen LogP contribution < -0.4 is 10.2 Å². The van der Waals surface area contributed by atoms with Gasteiger partial charge in [-0.2, -0.15) is 0 Å². The molecule has 1 aromatic rings. The van der Waals surface area contributed by atoms with Crippen LogP contribution in [-0.2, 0) is 14.3 Å². The molecule has 0 bridgehead atoms. The van der Waals surface area contributed by atoms with Crippen molar-refractivity contribution >= 4 is 23.8 Å². The van der Waals surface area contributed by atoms with Crippen molar-refractivity contribution < 1.29 is 23.9 Å².